The zero-order valence-electron chi connectivity index (χ0n) is 13.7. The maximum Gasteiger partial charge on any atom is 0.175 e. The number of anilines is 2. The van der Waals surface area contributed by atoms with Gasteiger partial charge in [0.25, 0.3) is 0 Å². The molecule has 2 aliphatic heterocycles. The van der Waals surface area contributed by atoms with Gasteiger partial charge in [-0.3, -0.25) is 4.98 Å². The Morgan fingerprint density at radius 3 is 2.69 bits per heavy atom. The molecule has 1 unspecified atom stereocenters. The molecule has 0 amide bonds. The van der Waals surface area contributed by atoms with Crippen LogP contribution in [-0.4, -0.2) is 52.6 Å². The lowest BCUT2D eigenvalue weighted by Crippen LogP contribution is -2.40. The molecule has 1 saturated heterocycles. The van der Waals surface area contributed by atoms with Gasteiger partial charge in [-0.1, -0.05) is 0 Å². The fraction of sp³-hybridized carbons (Fsp3) is 0.312. The lowest BCUT2D eigenvalue weighted by molar-refractivity contribution is 0.122. The monoisotopic (exact) mass is 440 g/mol. The van der Waals surface area contributed by atoms with Crippen molar-refractivity contribution < 1.29 is 9.84 Å². The molecule has 4 rings (SSSR count). The highest BCUT2D eigenvalue weighted by molar-refractivity contribution is 9.10. The first-order chi connectivity index (χ1) is 12.2. The van der Waals surface area contributed by atoms with Gasteiger partial charge in [-0.15, -0.1) is 12.4 Å². The number of morpholine rings is 1. The summed E-state index contributed by atoms with van der Waals surface area (Å²) in [6, 6.07) is 3.77. The van der Waals surface area contributed by atoms with Gasteiger partial charge in [0.1, 0.15) is 12.1 Å². The highest BCUT2D eigenvalue weighted by Gasteiger charge is 2.28. The second-order valence-corrected chi connectivity index (χ2v) is 6.61. The number of rotatable bonds is 3. The number of pyridine rings is 1. The van der Waals surface area contributed by atoms with Crippen LogP contribution in [0.4, 0.5) is 11.6 Å². The zero-order valence-corrected chi connectivity index (χ0v) is 16.2. The molecule has 1 fully saturated rings. The summed E-state index contributed by atoms with van der Waals surface area (Å²) in [6.07, 6.45) is 5.81. The Balaban J connectivity index is 0.00000196. The molecule has 0 aromatic carbocycles. The molecule has 26 heavy (non-hydrogen) atoms. The second kappa shape index (κ2) is 8.17. The van der Waals surface area contributed by atoms with Crippen molar-refractivity contribution in [3.05, 3.63) is 47.1 Å². The standard InChI is InChI=1S/C16H17BrN6O2.ClH/c17-12-5-11(7-18-8-12)13-9-21-23(16(13)24)15-6-14(19-10-20-15)22-1-3-25-4-2-22;/h5-10,16,21,24H,1-4H2;1H. The van der Waals surface area contributed by atoms with E-state index in [2.05, 4.69) is 41.2 Å². The Kier molecular flexibility index (Phi) is 5.92. The van der Waals surface area contributed by atoms with Crippen LogP contribution < -0.4 is 15.3 Å². The maximum atomic E-state index is 10.7. The van der Waals surface area contributed by atoms with Crippen molar-refractivity contribution in [3.8, 4) is 0 Å². The number of halogens is 2. The molecule has 0 saturated carbocycles. The molecule has 1 atom stereocenters. The van der Waals surface area contributed by atoms with Crippen LogP contribution in [0, 0.1) is 0 Å². The quantitative estimate of drug-likeness (QED) is 0.742. The lowest BCUT2D eigenvalue weighted by atomic mass is 10.1. The number of ether oxygens (including phenoxy) is 1. The fourth-order valence-electron chi connectivity index (χ4n) is 2.85. The predicted octanol–water partition coefficient (Wildman–Crippen LogP) is 1.58. The van der Waals surface area contributed by atoms with Crippen LogP contribution in [0.25, 0.3) is 5.57 Å². The van der Waals surface area contributed by atoms with Gasteiger partial charge in [-0.25, -0.2) is 15.0 Å². The summed E-state index contributed by atoms with van der Waals surface area (Å²) in [5, 5.41) is 12.3. The average Bonchev–Trinajstić information content (AvgIpc) is 3.04. The number of aliphatic hydroxyl groups excluding tert-OH is 1. The molecule has 0 radical (unpaired) electrons. The summed E-state index contributed by atoms with van der Waals surface area (Å²) in [5.41, 5.74) is 4.62. The Labute approximate surface area is 165 Å². The van der Waals surface area contributed by atoms with Crippen LogP contribution in [0.2, 0.25) is 0 Å². The largest absolute Gasteiger partial charge is 0.378 e. The highest BCUT2D eigenvalue weighted by atomic mass is 79.9. The fourth-order valence-corrected chi connectivity index (χ4v) is 3.22. The van der Waals surface area contributed by atoms with E-state index in [0.29, 0.717) is 19.0 Å². The van der Waals surface area contributed by atoms with E-state index in [4.69, 9.17) is 4.74 Å². The van der Waals surface area contributed by atoms with Crippen LogP contribution in [0.3, 0.4) is 0 Å². The van der Waals surface area contributed by atoms with Crippen molar-refractivity contribution >= 4 is 45.5 Å². The summed E-state index contributed by atoms with van der Waals surface area (Å²) in [7, 11) is 0. The van der Waals surface area contributed by atoms with E-state index in [1.807, 2.05) is 12.1 Å². The number of aromatic nitrogens is 3. The molecule has 0 aliphatic carbocycles. The number of nitrogens with one attached hydrogen (secondary N) is 1. The molecular formula is C16H18BrClN6O2. The first kappa shape index (κ1) is 18.8. The molecule has 2 aliphatic rings. The van der Waals surface area contributed by atoms with Gasteiger partial charge >= 0.3 is 0 Å². The first-order valence-electron chi connectivity index (χ1n) is 7.91. The topological polar surface area (TPSA) is 86.6 Å². The Hall–Kier alpha value is -1.94. The van der Waals surface area contributed by atoms with Gasteiger partial charge in [0.15, 0.2) is 12.0 Å². The Morgan fingerprint density at radius 2 is 1.92 bits per heavy atom. The molecule has 2 N–H and O–H groups in total. The van der Waals surface area contributed by atoms with Crippen LogP contribution in [0.15, 0.2) is 41.5 Å². The van der Waals surface area contributed by atoms with E-state index in [9.17, 15) is 5.11 Å². The van der Waals surface area contributed by atoms with Crippen molar-refractivity contribution in [1.29, 1.82) is 0 Å². The summed E-state index contributed by atoms with van der Waals surface area (Å²) >= 11 is 3.40. The summed E-state index contributed by atoms with van der Waals surface area (Å²) in [4.78, 5) is 14.9. The van der Waals surface area contributed by atoms with Crippen molar-refractivity contribution in [3.63, 3.8) is 0 Å². The van der Waals surface area contributed by atoms with Gasteiger partial charge in [-0.05, 0) is 22.0 Å². The Bertz CT molecular complexity index is 802. The van der Waals surface area contributed by atoms with E-state index in [0.717, 1.165) is 34.5 Å². The second-order valence-electron chi connectivity index (χ2n) is 5.70. The van der Waals surface area contributed by atoms with Crippen LogP contribution in [0.5, 0.6) is 0 Å². The highest BCUT2D eigenvalue weighted by Crippen LogP contribution is 2.29. The van der Waals surface area contributed by atoms with E-state index in [-0.39, 0.29) is 12.4 Å². The van der Waals surface area contributed by atoms with Crippen molar-refractivity contribution in [2.24, 2.45) is 0 Å². The van der Waals surface area contributed by atoms with E-state index >= 15 is 0 Å². The van der Waals surface area contributed by atoms with Gasteiger partial charge in [0, 0.05) is 53.4 Å². The van der Waals surface area contributed by atoms with Gasteiger partial charge in [0.2, 0.25) is 0 Å². The molecule has 0 bridgehead atoms. The van der Waals surface area contributed by atoms with E-state index < -0.39 is 6.23 Å². The molecule has 138 valence electrons. The zero-order chi connectivity index (χ0) is 17.2. The van der Waals surface area contributed by atoms with Crippen molar-refractivity contribution in [1.82, 2.24) is 20.4 Å². The minimum atomic E-state index is -0.872. The molecular weight excluding hydrogens is 424 g/mol. The maximum absolute atomic E-state index is 10.7. The number of hydrazine groups is 1. The van der Waals surface area contributed by atoms with Crippen molar-refractivity contribution in [2.75, 3.05) is 36.2 Å². The third-order valence-electron chi connectivity index (χ3n) is 4.14. The SMILES string of the molecule is Cl.OC1C(c2cncc(Br)c2)=CNN1c1cc(N2CCOCC2)ncn1. The summed E-state index contributed by atoms with van der Waals surface area (Å²) in [5.74, 6) is 1.41. The van der Waals surface area contributed by atoms with Gasteiger partial charge in [0.05, 0.1) is 13.2 Å². The predicted molar refractivity (Wildman–Crippen MR) is 104 cm³/mol. The number of nitrogens with zero attached hydrogens (tertiary/aromatic N) is 5. The summed E-state index contributed by atoms with van der Waals surface area (Å²) in [6.45, 7) is 2.95. The van der Waals surface area contributed by atoms with Crippen LogP contribution in [0.1, 0.15) is 5.56 Å². The van der Waals surface area contributed by atoms with Gasteiger partial charge in [-0.2, -0.15) is 0 Å². The van der Waals surface area contributed by atoms with Crippen LogP contribution in [-0.2, 0) is 4.74 Å². The van der Waals surface area contributed by atoms with E-state index in [1.54, 1.807) is 23.6 Å². The molecule has 0 spiro atoms. The van der Waals surface area contributed by atoms with Crippen LogP contribution >= 0.6 is 28.3 Å². The number of aliphatic hydroxyl groups is 1. The van der Waals surface area contributed by atoms with E-state index in [1.165, 1.54) is 6.33 Å². The normalized spacial score (nSPS) is 19.6. The third kappa shape index (κ3) is 3.75. The average molecular weight is 442 g/mol. The molecule has 10 heteroatoms. The van der Waals surface area contributed by atoms with Gasteiger partial charge < -0.3 is 20.2 Å². The minimum absolute atomic E-state index is 0. The first-order valence-corrected chi connectivity index (χ1v) is 8.71. The molecule has 8 nitrogen and oxygen atoms in total. The van der Waals surface area contributed by atoms with Crippen molar-refractivity contribution in [2.45, 2.75) is 6.23 Å². The number of hydrogen-bond donors (Lipinski definition) is 2. The third-order valence-corrected chi connectivity index (χ3v) is 4.57. The summed E-state index contributed by atoms with van der Waals surface area (Å²) < 4.78 is 6.23. The minimum Gasteiger partial charge on any atom is -0.378 e. The molecule has 2 aromatic heterocycles. The number of hydrogen-bond acceptors (Lipinski definition) is 8. The molecule has 4 heterocycles. The smallest absolute Gasteiger partial charge is 0.175 e. The lowest BCUT2D eigenvalue weighted by Gasteiger charge is -2.29. The molecule has 2 aromatic rings. The Morgan fingerprint density at radius 1 is 1.15 bits per heavy atom.